The van der Waals surface area contributed by atoms with Gasteiger partial charge in [-0.05, 0) is 49.8 Å². The Kier molecular flexibility index (Phi) is 4.79. The first-order chi connectivity index (χ1) is 12.6. The molecule has 2 heterocycles. The molecule has 0 unspecified atom stereocenters. The maximum atomic E-state index is 12.8. The van der Waals surface area contributed by atoms with Crippen molar-refractivity contribution in [1.29, 1.82) is 0 Å². The van der Waals surface area contributed by atoms with Gasteiger partial charge in [-0.2, -0.15) is 0 Å². The van der Waals surface area contributed by atoms with E-state index in [2.05, 4.69) is 12.2 Å². The van der Waals surface area contributed by atoms with Gasteiger partial charge in [0, 0.05) is 24.6 Å². The third-order valence-electron chi connectivity index (χ3n) is 6.01. The number of nitrogens with one attached hydrogen (secondary N) is 1. The smallest absolute Gasteiger partial charge is 0.261 e. The van der Waals surface area contributed by atoms with Gasteiger partial charge in [0.15, 0.2) is 0 Å². The molecule has 26 heavy (non-hydrogen) atoms. The largest absolute Gasteiger partial charge is 0.349 e. The van der Waals surface area contributed by atoms with Gasteiger partial charge in [-0.1, -0.05) is 26.2 Å². The Balaban J connectivity index is 1.64. The summed E-state index contributed by atoms with van der Waals surface area (Å²) < 4.78 is 1.82. The summed E-state index contributed by atoms with van der Waals surface area (Å²) in [7, 11) is 0. The maximum absolute atomic E-state index is 12.8. The van der Waals surface area contributed by atoms with E-state index in [1.54, 1.807) is 18.2 Å². The van der Waals surface area contributed by atoms with Crippen LogP contribution in [0.5, 0.6) is 0 Å². The Morgan fingerprint density at radius 1 is 1.15 bits per heavy atom. The number of fused-ring (bicyclic) bond motifs is 2. The minimum Gasteiger partial charge on any atom is -0.349 e. The van der Waals surface area contributed by atoms with Gasteiger partial charge in [-0.15, -0.1) is 0 Å². The molecule has 0 saturated heterocycles. The molecule has 5 heteroatoms. The predicted molar refractivity (Wildman–Crippen MR) is 102 cm³/mol. The second-order valence-electron chi connectivity index (χ2n) is 7.87. The monoisotopic (exact) mass is 353 g/mol. The van der Waals surface area contributed by atoms with Crippen molar-refractivity contribution in [2.24, 2.45) is 5.92 Å². The molecule has 1 aromatic carbocycles. The van der Waals surface area contributed by atoms with Crippen LogP contribution < -0.4 is 10.9 Å². The normalized spacial score (nSPS) is 23.3. The summed E-state index contributed by atoms with van der Waals surface area (Å²) in [6.07, 6.45) is 8.71. The highest BCUT2D eigenvalue weighted by atomic mass is 16.1. The first kappa shape index (κ1) is 17.3. The number of carbonyl (C=O) groups is 1. The van der Waals surface area contributed by atoms with Gasteiger partial charge in [-0.25, -0.2) is 4.98 Å². The van der Waals surface area contributed by atoms with Crippen molar-refractivity contribution in [3.8, 4) is 0 Å². The lowest BCUT2D eigenvalue weighted by Gasteiger charge is -2.29. The number of carbonyl (C=O) groups excluding carboxylic acids is 1. The van der Waals surface area contributed by atoms with Gasteiger partial charge in [0.2, 0.25) is 0 Å². The lowest BCUT2D eigenvalue weighted by Crippen LogP contribution is -2.41. The number of aromatic nitrogens is 2. The number of amides is 1. The van der Waals surface area contributed by atoms with Gasteiger partial charge in [0.25, 0.3) is 11.5 Å². The average Bonchev–Trinajstić information content (AvgIpc) is 2.89. The lowest BCUT2D eigenvalue weighted by atomic mass is 9.86. The minimum absolute atomic E-state index is 0.0276. The van der Waals surface area contributed by atoms with Crippen LogP contribution in [0.4, 0.5) is 0 Å². The molecule has 1 fully saturated rings. The average molecular weight is 353 g/mol. The Morgan fingerprint density at radius 2 is 2.00 bits per heavy atom. The third kappa shape index (κ3) is 3.27. The molecule has 138 valence electrons. The Hall–Kier alpha value is -2.17. The zero-order valence-corrected chi connectivity index (χ0v) is 15.5. The summed E-state index contributed by atoms with van der Waals surface area (Å²) in [5, 5.41) is 3.80. The second-order valence-corrected chi connectivity index (χ2v) is 7.87. The van der Waals surface area contributed by atoms with Gasteiger partial charge in [0.1, 0.15) is 5.82 Å². The van der Waals surface area contributed by atoms with Crippen molar-refractivity contribution in [1.82, 2.24) is 14.9 Å². The van der Waals surface area contributed by atoms with Crippen molar-refractivity contribution in [3.05, 3.63) is 39.9 Å². The summed E-state index contributed by atoms with van der Waals surface area (Å²) in [4.78, 5) is 30.2. The highest BCUT2D eigenvalue weighted by molar-refractivity contribution is 5.97. The molecule has 1 saturated carbocycles. The summed E-state index contributed by atoms with van der Waals surface area (Å²) >= 11 is 0. The molecule has 2 aliphatic rings. The minimum atomic E-state index is -0.0532. The number of hydrogen-bond acceptors (Lipinski definition) is 3. The third-order valence-corrected chi connectivity index (χ3v) is 6.01. The fourth-order valence-electron chi connectivity index (χ4n) is 4.34. The van der Waals surface area contributed by atoms with Gasteiger partial charge < -0.3 is 5.32 Å². The quantitative estimate of drug-likeness (QED) is 0.899. The lowest BCUT2D eigenvalue weighted by molar-refractivity contribution is 0.0910. The summed E-state index contributed by atoms with van der Waals surface area (Å²) in [6, 6.07) is 5.56. The number of rotatable bonds is 2. The summed E-state index contributed by atoms with van der Waals surface area (Å²) in [6.45, 7) is 2.96. The van der Waals surface area contributed by atoms with E-state index in [4.69, 9.17) is 4.98 Å². The molecule has 1 aliphatic carbocycles. The predicted octanol–water partition coefficient (Wildman–Crippen LogP) is 3.43. The molecule has 5 nitrogen and oxygen atoms in total. The number of nitrogens with zero attached hydrogens (tertiary/aromatic N) is 2. The molecule has 2 atom stereocenters. The molecule has 4 rings (SSSR count). The standard InChI is InChI=1S/C21H27N3O2/c1-14-7-4-5-8-17(14)23-20(25)15-10-11-16-18(13-15)22-19-9-3-2-6-12-24(19)21(16)26/h10-11,13-14,17H,2-9,12H2,1H3,(H,23,25)/t14-,17+/m1/s1. The van der Waals surface area contributed by atoms with Crippen LogP contribution >= 0.6 is 0 Å². The van der Waals surface area contributed by atoms with E-state index < -0.39 is 0 Å². The van der Waals surface area contributed by atoms with E-state index in [9.17, 15) is 9.59 Å². The van der Waals surface area contributed by atoms with Crippen LogP contribution in [0.3, 0.4) is 0 Å². The zero-order chi connectivity index (χ0) is 18.1. The molecule has 0 bridgehead atoms. The molecular weight excluding hydrogens is 326 g/mol. The van der Waals surface area contributed by atoms with Crippen molar-refractivity contribution in [2.45, 2.75) is 70.9 Å². The molecule has 0 radical (unpaired) electrons. The van der Waals surface area contributed by atoms with Crippen molar-refractivity contribution >= 4 is 16.8 Å². The van der Waals surface area contributed by atoms with Crippen LogP contribution in [0.1, 0.15) is 68.1 Å². The molecule has 1 aromatic heterocycles. The first-order valence-electron chi connectivity index (χ1n) is 9.98. The van der Waals surface area contributed by atoms with Gasteiger partial charge in [0.05, 0.1) is 10.9 Å². The Morgan fingerprint density at radius 3 is 2.85 bits per heavy atom. The van der Waals surface area contributed by atoms with E-state index in [0.29, 0.717) is 22.4 Å². The van der Waals surface area contributed by atoms with Crippen molar-refractivity contribution in [3.63, 3.8) is 0 Å². The fourth-order valence-corrected chi connectivity index (χ4v) is 4.34. The van der Waals surface area contributed by atoms with Crippen LogP contribution in [0.25, 0.3) is 10.9 Å². The Bertz CT molecular complexity index is 887. The highest BCUT2D eigenvalue weighted by Crippen LogP contribution is 2.24. The van der Waals surface area contributed by atoms with Crippen molar-refractivity contribution in [2.75, 3.05) is 0 Å². The Labute approximate surface area is 153 Å². The van der Waals surface area contributed by atoms with E-state index >= 15 is 0 Å². The van der Waals surface area contributed by atoms with Crippen LogP contribution in [0.15, 0.2) is 23.0 Å². The zero-order valence-electron chi connectivity index (χ0n) is 15.5. The van der Waals surface area contributed by atoms with Gasteiger partial charge >= 0.3 is 0 Å². The van der Waals surface area contributed by atoms with E-state index in [1.807, 2.05) is 4.57 Å². The summed E-state index contributed by atoms with van der Waals surface area (Å²) in [5.41, 5.74) is 1.27. The van der Waals surface area contributed by atoms with E-state index in [0.717, 1.165) is 44.5 Å². The molecule has 2 aromatic rings. The highest BCUT2D eigenvalue weighted by Gasteiger charge is 2.23. The van der Waals surface area contributed by atoms with Crippen LogP contribution in [-0.4, -0.2) is 21.5 Å². The molecule has 1 N–H and O–H groups in total. The molecule has 0 spiro atoms. The number of aryl methyl sites for hydroxylation is 1. The van der Waals surface area contributed by atoms with Crippen LogP contribution in [-0.2, 0) is 13.0 Å². The second kappa shape index (κ2) is 7.22. The first-order valence-corrected chi connectivity index (χ1v) is 9.98. The maximum Gasteiger partial charge on any atom is 0.261 e. The summed E-state index contributed by atoms with van der Waals surface area (Å²) in [5.74, 6) is 1.33. The molecular formula is C21H27N3O2. The van der Waals surface area contributed by atoms with Crippen molar-refractivity contribution < 1.29 is 4.79 Å². The van der Waals surface area contributed by atoms with E-state index in [1.165, 1.54) is 19.3 Å². The van der Waals surface area contributed by atoms with Crippen LogP contribution in [0, 0.1) is 5.92 Å². The topological polar surface area (TPSA) is 64.0 Å². The van der Waals surface area contributed by atoms with Gasteiger partial charge in [-0.3, -0.25) is 14.2 Å². The number of benzene rings is 1. The van der Waals surface area contributed by atoms with E-state index in [-0.39, 0.29) is 17.5 Å². The molecule has 1 aliphatic heterocycles. The van der Waals surface area contributed by atoms with Crippen LogP contribution in [0.2, 0.25) is 0 Å². The SMILES string of the molecule is C[C@@H]1CCCC[C@@H]1NC(=O)c1ccc2c(=O)n3c(nc2c1)CCCCC3. The molecule has 1 amide bonds. The number of hydrogen-bond donors (Lipinski definition) is 1. The fraction of sp³-hybridized carbons (Fsp3) is 0.571.